The maximum absolute atomic E-state index is 12.6. The van der Waals surface area contributed by atoms with Crippen molar-refractivity contribution in [1.82, 2.24) is 0 Å². The van der Waals surface area contributed by atoms with E-state index in [2.05, 4.69) is 0 Å². The summed E-state index contributed by atoms with van der Waals surface area (Å²) in [4.78, 5) is 34.9. The van der Waals surface area contributed by atoms with Crippen LogP contribution < -0.4 is 0 Å². The Kier molecular flexibility index (Phi) is 3.83. The molecule has 3 aromatic rings. The Labute approximate surface area is 136 Å². The molecule has 0 spiro atoms. The standard InChI is InChI=1S/C19H12O5/c20-17(11-5-7-12(8-6-11)18(21)22)14-9-13-3-1-2-4-15(13)16(10-14)19(23)24/h1-10H,(H,21,22)(H,23,24). The lowest BCUT2D eigenvalue weighted by atomic mass is 9.96. The van der Waals surface area contributed by atoms with Gasteiger partial charge >= 0.3 is 11.9 Å². The summed E-state index contributed by atoms with van der Waals surface area (Å²) in [5.41, 5.74) is 0.677. The van der Waals surface area contributed by atoms with Crippen LogP contribution >= 0.6 is 0 Å². The van der Waals surface area contributed by atoms with Crippen LogP contribution in [0.3, 0.4) is 0 Å². The molecule has 0 aliphatic carbocycles. The van der Waals surface area contributed by atoms with Crippen LogP contribution in [0.5, 0.6) is 0 Å². The highest BCUT2D eigenvalue weighted by atomic mass is 16.4. The normalized spacial score (nSPS) is 10.5. The third kappa shape index (κ3) is 2.75. The van der Waals surface area contributed by atoms with Crippen molar-refractivity contribution < 1.29 is 24.6 Å². The number of aromatic carboxylic acids is 2. The average Bonchev–Trinajstić information content (AvgIpc) is 2.60. The van der Waals surface area contributed by atoms with Gasteiger partial charge in [-0.15, -0.1) is 0 Å². The summed E-state index contributed by atoms with van der Waals surface area (Å²) >= 11 is 0. The fourth-order valence-corrected chi connectivity index (χ4v) is 2.55. The van der Waals surface area contributed by atoms with Crippen molar-refractivity contribution in [3.05, 3.63) is 82.9 Å². The van der Waals surface area contributed by atoms with Gasteiger partial charge in [0.15, 0.2) is 5.78 Å². The zero-order valence-electron chi connectivity index (χ0n) is 12.4. The molecular weight excluding hydrogens is 308 g/mol. The minimum absolute atomic E-state index is 0.0543. The van der Waals surface area contributed by atoms with Crippen molar-refractivity contribution >= 4 is 28.5 Å². The van der Waals surface area contributed by atoms with Crippen molar-refractivity contribution in [2.45, 2.75) is 0 Å². The Hall–Kier alpha value is -3.47. The number of carbonyl (C=O) groups is 3. The van der Waals surface area contributed by atoms with Gasteiger partial charge < -0.3 is 10.2 Å². The molecule has 3 rings (SSSR count). The lowest BCUT2D eigenvalue weighted by molar-refractivity contribution is 0.0687. The number of hydrogen-bond donors (Lipinski definition) is 2. The van der Waals surface area contributed by atoms with E-state index in [0.29, 0.717) is 16.3 Å². The number of carbonyl (C=O) groups excluding carboxylic acids is 1. The maximum atomic E-state index is 12.6. The second kappa shape index (κ2) is 5.96. The van der Waals surface area contributed by atoms with E-state index in [4.69, 9.17) is 5.11 Å². The van der Waals surface area contributed by atoms with E-state index in [9.17, 15) is 19.5 Å². The SMILES string of the molecule is O=C(O)c1ccc(C(=O)c2cc(C(=O)O)c3ccccc3c2)cc1. The molecule has 0 saturated carbocycles. The molecule has 0 atom stereocenters. The third-order valence-corrected chi connectivity index (χ3v) is 3.75. The van der Waals surface area contributed by atoms with E-state index in [0.717, 1.165) is 0 Å². The molecule has 24 heavy (non-hydrogen) atoms. The first-order valence-electron chi connectivity index (χ1n) is 7.11. The number of ketones is 1. The number of hydrogen-bond acceptors (Lipinski definition) is 3. The molecule has 0 aromatic heterocycles. The smallest absolute Gasteiger partial charge is 0.336 e. The Morgan fingerprint density at radius 1 is 0.667 bits per heavy atom. The van der Waals surface area contributed by atoms with Crippen LogP contribution in [0.1, 0.15) is 36.6 Å². The Bertz CT molecular complexity index is 971. The molecule has 0 bridgehead atoms. The maximum Gasteiger partial charge on any atom is 0.336 e. The summed E-state index contributed by atoms with van der Waals surface area (Å²) in [6.07, 6.45) is 0. The zero-order chi connectivity index (χ0) is 17.3. The van der Waals surface area contributed by atoms with Gasteiger partial charge in [-0.1, -0.05) is 36.4 Å². The van der Waals surface area contributed by atoms with Crippen LogP contribution in [-0.2, 0) is 0 Å². The predicted octanol–water partition coefficient (Wildman–Crippen LogP) is 3.47. The number of benzene rings is 3. The molecule has 118 valence electrons. The molecular formula is C19H12O5. The topological polar surface area (TPSA) is 91.7 Å². The van der Waals surface area contributed by atoms with E-state index in [1.54, 1.807) is 30.3 Å². The Morgan fingerprint density at radius 3 is 1.92 bits per heavy atom. The van der Waals surface area contributed by atoms with Gasteiger partial charge in [0.25, 0.3) is 0 Å². The highest BCUT2D eigenvalue weighted by Crippen LogP contribution is 2.23. The van der Waals surface area contributed by atoms with Crippen molar-refractivity contribution in [2.75, 3.05) is 0 Å². The van der Waals surface area contributed by atoms with Gasteiger partial charge in [-0.2, -0.15) is 0 Å². The van der Waals surface area contributed by atoms with E-state index in [1.807, 2.05) is 0 Å². The van der Waals surface area contributed by atoms with Gasteiger partial charge in [0.05, 0.1) is 11.1 Å². The van der Waals surface area contributed by atoms with E-state index in [1.165, 1.54) is 30.3 Å². The highest BCUT2D eigenvalue weighted by molar-refractivity contribution is 6.14. The molecule has 5 nitrogen and oxygen atoms in total. The first kappa shape index (κ1) is 15.4. The molecule has 0 radical (unpaired) electrons. The molecule has 0 unspecified atom stereocenters. The largest absolute Gasteiger partial charge is 0.478 e. The van der Waals surface area contributed by atoms with Crippen LogP contribution in [0, 0.1) is 0 Å². The second-order valence-electron chi connectivity index (χ2n) is 5.26. The van der Waals surface area contributed by atoms with Crippen LogP contribution in [-0.4, -0.2) is 27.9 Å². The minimum Gasteiger partial charge on any atom is -0.478 e. The van der Waals surface area contributed by atoms with Crippen molar-refractivity contribution in [3.8, 4) is 0 Å². The monoisotopic (exact) mass is 320 g/mol. The molecule has 0 amide bonds. The summed E-state index contributed by atoms with van der Waals surface area (Å²) in [7, 11) is 0. The molecule has 3 aromatic carbocycles. The fourth-order valence-electron chi connectivity index (χ4n) is 2.55. The van der Waals surface area contributed by atoms with Gasteiger partial charge in [0, 0.05) is 11.1 Å². The van der Waals surface area contributed by atoms with Crippen LogP contribution in [0.25, 0.3) is 10.8 Å². The van der Waals surface area contributed by atoms with Crippen LogP contribution in [0.4, 0.5) is 0 Å². The summed E-state index contributed by atoms with van der Waals surface area (Å²) < 4.78 is 0. The van der Waals surface area contributed by atoms with Crippen molar-refractivity contribution in [1.29, 1.82) is 0 Å². The van der Waals surface area contributed by atoms with Crippen molar-refractivity contribution in [3.63, 3.8) is 0 Å². The van der Waals surface area contributed by atoms with Gasteiger partial charge in [0.1, 0.15) is 0 Å². The van der Waals surface area contributed by atoms with Gasteiger partial charge in [0.2, 0.25) is 0 Å². The molecule has 0 aliphatic rings. The summed E-state index contributed by atoms with van der Waals surface area (Å²) in [6, 6.07) is 15.4. The van der Waals surface area contributed by atoms with E-state index >= 15 is 0 Å². The number of carboxylic acid groups (broad SMARTS) is 2. The Balaban J connectivity index is 2.09. The molecule has 2 N–H and O–H groups in total. The molecule has 0 heterocycles. The lowest BCUT2D eigenvalue weighted by Gasteiger charge is -2.07. The number of rotatable bonds is 4. The first-order valence-corrected chi connectivity index (χ1v) is 7.11. The number of fused-ring (bicyclic) bond motifs is 1. The summed E-state index contributed by atoms with van der Waals surface area (Å²) in [6.45, 7) is 0. The summed E-state index contributed by atoms with van der Waals surface area (Å²) in [5.74, 6) is -2.55. The third-order valence-electron chi connectivity index (χ3n) is 3.75. The molecule has 0 aliphatic heterocycles. The molecule has 0 fully saturated rings. The predicted molar refractivity (Wildman–Crippen MR) is 87.7 cm³/mol. The fraction of sp³-hybridized carbons (Fsp3) is 0. The number of carboxylic acids is 2. The van der Waals surface area contributed by atoms with Crippen LogP contribution in [0.15, 0.2) is 60.7 Å². The van der Waals surface area contributed by atoms with Gasteiger partial charge in [-0.25, -0.2) is 9.59 Å². The minimum atomic E-state index is -1.11. The first-order chi connectivity index (χ1) is 11.5. The zero-order valence-corrected chi connectivity index (χ0v) is 12.4. The quantitative estimate of drug-likeness (QED) is 0.718. The second-order valence-corrected chi connectivity index (χ2v) is 5.26. The van der Waals surface area contributed by atoms with E-state index < -0.39 is 11.9 Å². The van der Waals surface area contributed by atoms with Gasteiger partial charge in [-0.3, -0.25) is 4.79 Å². The van der Waals surface area contributed by atoms with Gasteiger partial charge in [-0.05, 0) is 35.0 Å². The molecule has 0 saturated heterocycles. The van der Waals surface area contributed by atoms with Crippen molar-refractivity contribution in [2.24, 2.45) is 0 Å². The Morgan fingerprint density at radius 2 is 1.29 bits per heavy atom. The molecule has 5 heteroatoms. The highest BCUT2D eigenvalue weighted by Gasteiger charge is 2.16. The summed E-state index contributed by atoms with van der Waals surface area (Å²) in [5, 5.41) is 19.5. The average molecular weight is 320 g/mol. The lowest BCUT2D eigenvalue weighted by Crippen LogP contribution is -2.06. The van der Waals surface area contributed by atoms with Crippen LogP contribution in [0.2, 0.25) is 0 Å². The van der Waals surface area contributed by atoms with E-state index in [-0.39, 0.29) is 22.5 Å².